The van der Waals surface area contributed by atoms with Crippen LogP contribution in [0.15, 0.2) is 26.3 Å². The number of amides is 1. The second kappa shape index (κ2) is 21.3. The minimum Gasteiger partial charge on any atom is -0.387 e. The number of aliphatic hydroxyl groups is 4. The molecule has 5 atom stereocenters. The van der Waals surface area contributed by atoms with Crippen molar-refractivity contribution in [2.24, 2.45) is 17.2 Å². The summed E-state index contributed by atoms with van der Waals surface area (Å²) in [6, 6.07) is 0. The van der Waals surface area contributed by atoms with Crippen LogP contribution in [0, 0.1) is 0 Å². The van der Waals surface area contributed by atoms with E-state index in [1.807, 2.05) is 12.2 Å². The van der Waals surface area contributed by atoms with Gasteiger partial charge in [0, 0.05) is 6.54 Å². The third-order valence-corrected chi connectivity index (χ3v) is 2.01. The average molecular weight is 352 g/mol. The third-order valence-electron chi connectivity index (χ3n) is 2.01. The van der Waals surface area contributed by atoms with Crippen LogP contribution in [0.1, 0.15) is 6.92 Å². The van der Waals surface area contributed by atoms with Crippen molar-refractivity contribution < 1.29 is 30.0 Å². The largest absolute Gasteiger partial charge is 0.387 e. The maximum atomic E-state index is 11.2. The summed E-state index contributed by atoms with van der Waals surface area (Å²) in [5, 5.41) is 38.7. The van der Waals surface area contributed by atoms with Crippen molar-refractivity contribution in [1.82, 2.24) is 5.32 Å². The fraction of sp³-hybridized carbons (Fsp3) is 0.571. The number of aldehydes is 1. The summed E-state index contributed by atoms with van der Waals surface area (Å²) in [6.45, 7) is 14.6. The maximum Gasteiger partial charge on any atom is 0.252 e. The molecule has 0 radical (unpaired) electrons. The lowest BCUT2D eigenvalue weighted by atomic mass is 10.0. The zero-order valence-corrected chi connectivity index (χ0v) is 14.0. The highest BCUT2D eigenvalue weighted by Gasteiger charge is 2.34. The van der Waals surface area contributed by atoms with E-state index in [1.165, 1.54) is 0 Å². The monoisotopic (exact) mass is 352 g/mol. The minimum atomic E-state index is -2.04. The second-order valence-electron chi connectivity index (χ2n) is 3.81. The molecule has 0 aromatic rings. The van der Waals surface area contributed by atoms with Gasteiger partial charge in [0.25, 0.3) is 5.91 Å². The van der Waals surface area contributed by atoms with Gasteiger partial charge >= 0.3 is 0 Å². The first kappa shape index (κ1) is 30.2. The van der Waals surface area contributed by atoms with Crippen LogP contribution in [0.25, 0.3) is 0 Å². The molecule has 0 fully saturated rings. The first-order valence-electron chi connectivity index (χ1n) is 6.90. The van der Waals surface area contributed by atoms with Gasteiger partial charge in [0.05, 0.1) is 6.17 Å². The highest BCUT2D eigenvalue weighted by atomic mass is 16.4. The molecule has 0 rings (SSSR count). The molecule has 0 saturated heterocycles. The van der Waals surface area contributed by atoms with Crippen LogP contribution in [0.3, 0.4) is 0 Å². The normalized spacial score (nSPS) is 15.2. The first-order valence-corrected chi connectivity index (χ1v) is 6.90. The Hall–Kier alpha value is -1.66. The number of carbonyl (C=O) groups excluding carboxylic acids is 2. The van der Waals surface area contributed by atoms with Crippen LogP contribution >= 0.6 is 0 Å². The summed E-state index contributed by atoms with van der Waals surface area (Å²) in [6.07, 6.45) is -8.92. The Morgan fingerprint density at radius 3 is 1.75 bits per heavy atom. The van der Waals surface area contributed by atoms with Crippen LogP contribution in [0.4, 0.5) is 0 Å². The SMILES string of the molecule is C=C.C=C.CCN.NCC(N)NC(=O)[C@@H](O)[C@@H](O)[C@H](O)[C@H](O)C=O. The van der Waals surface area contributed by atoms with Gasteiger partial charge in [0.2, 0.25) is 0 Å². The minimum absolute atomic E-state index is 0.0376. The summed E-state index contributed by atoms with van der Waals surface area (Å²) in [7, 11) is 0. The van der Waals surface area contributed by atoms with E-state index >= 15 is 0 Å². The number of hydrogen-bond acceptors (Lipinski definition) is 9. The van der Waals surface area contributed by atoms with Gasteiger partial charge in [-0.25, -0.2) is 0 Å². The van der Waals surface area contributed by atoms with Crippen LogP contribution in [-0.4, -0.2) is 76.3 Å². The maximum absolute atomic E-state index is 11.2. The van der Waals surface area contributed by atoms with Gasteiger partial charge in [-0.15, -0.1) is 26.3 Å². The van der Waals surface area contributed by atoms with Crippen LogP contribution < -0.4 is 22.5 Å². The van der Waals surface area contributed by atoms with Crippen molar-refractivity contribution >= 4 is 12.2 Å². The third kappa shape index (κ3) is 15.2. The van der Waals surface area contributed by atoms with E-state index < -0.39 is 36.5 Å². The van der Waals surface area contributed by atoms with Crippen LogP contribution in [0.5, 0.6) is 0 Å². The van der Waals surface area contributed by atoms with Gasteiger partial charge < -0.3 is 47.7 Å². The molecule has 1 unspecified atom stereocenters. The summed E-state index contributed by atoms with van der Waals surface area (Å²) >= 11 is 0. The number of rotatable bonds is 7. The second-order valence-corrected chi connectivity index (χ2v) is 3.81. The molecular weight excluding hydrogens is 320 g/mol. The van der Waals surface area contributed by atoms with E-state index in [4.69, 9.17) is 27.4 Å². The molecule has 11 N–H and O–H groups in total. The smallest absolute Gasteiger partial charge is 0.252 e. The van der Waals surface area contributed by atoms with Gasteiger partial charge in [-0.2, -0.15) is 0 Å². The number of nitrogens with two attached hydrogens (primary N) is 3. The molecule has 0 aromatic carbocycles. The molecular formula is C14H32N4O6. The van der Waals surface area contributed by atoms with Gasteiger partial charge in [-0.05, 0) is 6.54 Å². The van der Waals surface area contributed by atoms with E-state index in [0.29, 0.717) is 0 Å². The molecule has 10 heteroatoms. The zero-order chi connectivity index (χ0) is 20.3. The molecule has 0 aliphatic rings. The highest BCUT2D eigenvalue weighted by molar-refractivity contribution is 5.81. The van der Waals surface area contributed by atoms with Gasteiger partial charge in [-0.3, -0.25) is 4.79 Å². The fourth-order valence-electron chi connectivity index (χ4n) is 0.951. The van der Waals surface area contributed by atoms with E-state index in [0.717, 1.165) is 6.54 Å². The average Bonchev–Trinajstić information content (AvgIpc) is 2.62. The fourth-order valence-corrected chi connectivity index (χ4v) is 0.951. The van der Waals surface area contributed by atoms with Crippen molar-refractivity contribution in [1.29, 1.82) is 0 Å². The van der Waals surface area contributed by atoms with Crippen LogP contribution in [-0.2, 0) is 9.59 Å². The summed E-state index contributed by atoms with van der Waals surface area (Å²) in [5.41, 5.74) is 15.2. The molecule has 144 valence electrons. The molecule has 0 bridgehead atoms. The summed E-state index contributed by atoms with van der Waals surface area (Å²) in [5.74, 6) is -1.08. The first-order chi connectivity index (χ1) is 11.3. The van der Waals surface area contributed by atoms with E-state index in [2.05, 4.69) is 26.3 Å². The number of nitrogens with one attached hydrogen (secondary N) is 1. The zero-order valence-electron chi connectivity index (χ0n) is 14.0. The molecule has 0 aliphatic heterocycles. The molecule has 10 nitrogen and oxygen atoms in total. The molecule has 24 heavy (non-hydrogen) atoms. The van der Waals surface area contributed by atoms with Crippen molar-refractivity contribution in [2.75, 3.05) is 13.1 Å². The summed E-state index contributed by atoms with van der Waals surface area (Å²) < 4.78 is 0. The Kier molecular flexibility index (Phi) is 26.9. The Balaban J connectivity index is -0.000000247. The van der Waals surface area contributed by atoms with Gasteiger partial charge in [-0.1, -0.05) is 6.92 Å². The standard InChI is InChI=1S/C8H17N3O6.C2H7N.2C2H4/c9-1-4(10)11-8(17)7(16)6(15)5(14)3(13)2-12;1-2-3;2*1-2/h2-7,13-16H,1,9-10H2,(H,11,17);2-3H2,1H3;2*1-2H2/t3-,4?,5-,6+,7+;;;/m1.../s1. The number of hydrogen-bond donors (Lipinski definition) is 8. The molecule has 0 aliphatic carbocycles. The van der Waals surface area contributed by atoms with Gasteiger partial charge in [0.1, 0.15) is 18.3 Å². The van der Waals surface area contributed by atoms with E-state index in [1.54, 1.807) is 0 Å². The lowest BCUT2D eigenvalue weighted by Gasteiger charge is -2.24. The lowest BCUT2D eigenvalue weighted by molar-refractivity contribution is -0.150. The quantitative estimate of drug-likeness (QED) is 0.130. The van der Waals surface area contributed by atoms with Crippen LogP contribution in [0.2, 0.25) is 0 Å². The lowest BCUT2D eigenvalue weighted by Crippen LogP contribution is -2.55. The molecule has 0 spiro atoms. The number of carbonyl (C=O) groups is 2. The predicted octanol–water partition coefficient (Wildman–Crippen LogP) is -3.44. The topological polar surface area (TPSA) is 205 Å². The predicted molar refractivity (Wildman–Crippen MR) is 92.5 cm³/mol. The van der Waals surface area contributed by atoms with E-state index in [-0.39, 0.29) is 12.8 Å². The Labute approximate surface area is 142 Å². The van der Waals surface area contributed by atoms with Crippen molar-refractivity contribution in [3.8, 4) is 0 Å². The molecule has 0 heterocycles. The highest BCUT2D eigenvalue weighted by Crippen LogP contribution is 2.04. The number of aliphatic hydroxyl groups excluding tert-OH is 4. The Morgan fingerprint density at radius 2 is 1.46 bits per heavy atom. The van der Waals surface area contributed by atoms with Crippen molar-refractivity contribution in [3.63, 3.8) is 0 Å². The van der Waals surface area contributed by atoms with Crippen molar-refractivity contribution in [2.45, 2.75) is 37.5 Å². The Morgan fingerprint density at radius 1 is 1.08 bits per heavy atom. The van der Waals surface area contributed by atoms with Crippen molar-refractivity contribution in [3.05, 3.63) is 26.3 Å². The molecule has 0 aromatic heterocycles. The van der Waals surface area contributed by atoms with E-state index in [9.17, 15) is 19.8 Å². The van der Waals surface area contributed by atoms with Gasteiger partial charge in [0.15, 0.2) is 12.4 Å². The molecule has 1 amide bonds. The Bertz CT molecular complexity index is 307. The molecule has 0 saturated carbocycles. The summed E-state index contributed by atoms with van der Waals surface area (Å²) in [4.78, 5) is 21.4.